The van der Waals surface area contributed by atoms with Gasteiger partial charge in [0.15, 0.2) is 0 Å². The molecule has 0 spiro atoms. The Morgan fingerprint density at radius 2 is 2.00 bits per heavy atom. The number of halogens is 3. The number of nitrogens with zero attached hydrogens (tertiary/aromatic N) is 1. The first-order valence-electron chi connectivity index (χ1n) is 7.25. The van der Waals surface area contributed by atoms with Crippen LogP contribution >= 0.6 is 11.3 Å². The number of carbonyl (C=O) groups excluding carboxylic acids is 1. The van der Waals surface area contributed by atoms with Crippen molar-refractivity contribution in [1.29, 1.82) is 0 Å². The van der Waals surface area contributed by atoms with Crippen LogP contribution in [0.1, 0.15) is 58.4 Å². The highest BCUT2D eigenvalue weighted by molar-refractivity contribution is 7.13. The number of hydrogen-bond donors (Lipinski definition) is 2. The van der Waals surface area contributed by atoms with Crippen molar-refractivity contribution in [2.75, 3.05) is 0 Å². The minimum absolute atomic E-state index is 0.181. The number of rotatable bonds is 5. The van der Waals surface area contributed by atoms with Crippen molar-refractivity contribution in [3.8, 4) is 0 Å². The summed E-state index contributed by atoms with van der Waals surface area (Å²) in [7, 11) is 0. The third-order valence-corrected chi connectivity index (χ3v) is 5.08. The van der Waals surface area contributed by atoms with Gasteiger partial charge in [-0.2, -0.15) is 13.2 Å². The smallest absolute Gasteiger partial charge is 0.391 e. The molecule has 1 heterocycles. The average molecular weight is 350 g/mol. The number of aliphatic carboxylic acids is 1. The molecule has 1 aromatic rings. The van der Waals surface area contributed by atoms with Gasteiger partial charge in [-0.25, -0.2) is 9.78 Å². The molecule has 5 nitrogen and oxygen atoms in total. The van der Waals surface area contributed by atoms with E-state index in [2.05, 4.69) is 4.98 Å². The van der Waals surface area contributed by atoms with Crippen molar-refractivity contribution in [2.45, 2.75) is 57.2 Å². The molecule has 9 heteroatoms. The van der Waals surface area contributed by atoms with Crippen LogP contribution in [0.15, 0.2) is 0 Å². The summed E-state index contributed by atoms with van der Waals surface area (Å²) in [6, 6.07) is -2.00. The van der Waals surface area contributed by atoms with E-state index in [9.17, 15) is 22.8 Å². The van der Waals surface area contributed by atoms with Gasteiger partial charge in [0.2, 0.25) is 0 Å². The zero-order valence-electron chi connectivity index (χ0n) is 12.4. The summed E-state index contributed by atoms with van der Waals surface area (Å²) >= 11 is 1.14. The number of alkyl halides is 3. The molecule has 2 N–H and O–H groups in total. The molecule has 0 aromatic carbocycles. The minimum Gasteiger partial charge on any atom is -0.480 e. The van der Waals surface area contributed by atoms with Gasteiger partial charge in [-0.15, -0.1) is 11.3 Å². The van der Waals surface area contributed by atoms with Crippen LogP contribution in [0.5, 0.6) is 0 Å². The lowest BCUT2D eigenvalue weighted by Crippen LogP contribution is -2.43. The number of amides is 1. The molecule has 0 radical (unpaired) electrons. The van der Waals surface area contributed by atoms with Gasteiger partial charge in [0.25, 0.3) is 5.91 Å². The molecule has 2 rings (SSSR count). The molecule has 0 aliphatic heterocycles. The van der Waals surface area contributed by atoms with Crippen LogP contribution in [0.2, 0.25) is 0 Å². The minimum atomic E-state index is -4.67. The lowest BCUT2D eigenvalue weighted by Gasteiger charge is -2.15. The molecule has 1 unspecified atom stereocenters. The molecule has 1 aliphatic carbocycles. The molecule has 1 saturated carbocycles. The molecule has 0 saturated heterocycles. The summed E-state index contributed by atoms with van der Waals surface area (Å²) in [5, 5.41) is 11.6. The molecule has 23 heavy (non-hydrogen) atoms. The number of hydrogen-bond acceptors (Lipinski definition) is 4. The summed E-state index contributed by atoms with van der Waals surface area (Å²) < 4.78 is 37.1. The maximum atomic E-state index is 12.4. The molecular weight excluding hydrogens is 333 g/mol. The second-order valence-electron chi connectivity index (χ2n) is 5.63. The topological polar surface area (TPSA) is 79.3 Å². The largest absolute Gasteiger partial charge is 0.480 e. The number of thiazole rings is 1. The van der Waals surface area contributed by atoms with E-state index in [1.54, 1.807) is 6.92 Å². The van der Waals surface area contributed by atoms with Crippen molar-refractivity contribution in [1.82, 2.24) is 10.3 Å². The standard InChI is InChI=1S/C14H17F3N2O3S/c1-7-10(23-12(18-7)8-4-2-3-5-8)11(20)19-9(13(21)22)6-14(15,16)17/h8-9H,2-6H2,1H3,(H,19,20)(H,21,22). The van der Waals surface area contributed by atoms with Gasteiger partial charge in [0.1, 0.15) is 10.9 Å². The normalized spacial score (nSPS) is 17.2. The van der Waals surface area contributed by atoms with Crippen molar-refractivity contribution >= 4 is 23.2 Å². The Labute approximate surface area is 134 Å². The Hall–Kier alpha value is -1.64. The van der Waals surface area contributed by atoms with E-state index in [1.165, 1.54) is 0 Å². The lowest BCUT2D eigenvalue weighted by atomic mass is 10.1. The molecule has 1 aromatic heterocycles. The first-order valence-corrected chi connectivity index (χ1v) is 8.07. The average Bonchev–Trinajstić information content (AvgIpc) is 3.04. The van der Waals surface area contributed by atoms with Crippen molar-refractivity contribution in [3.05, 3.63) is 15.6 Å². The molecule has 1 atom stereocenters. The number of carbonyl (C=O) groups is 2. The van der Waals surface area contributed by atoms with Gasteiger partial charge < -0.3 is 10.4 Å². The maximum Gasteiger partial charge on any atom is 0.391 e. The van der Waals surface area contributed by atoms with Crippen LogP contribution < -0.4 is 5.32 Å². The van der Waals surface area contributed by atoms with Crippen LogP contribution in [0.4, 0.5) is 13.2 Å². The Balaban J connectivity index is 2.11. The number of carboxylic acids is 1. The molecule has 1 amide bonds. The van der Waals surface area contributed by atoms with E-state index in [0.717, 1.165) is 42.0 Å². The van der Waals surface area contributed by atoms with E-state index < -0.39 is 30.5 Å². The SMILES string of the molecule is Cc1nc(C2CCCC2)sc1C(=O)NC(CC(F)(F)F)C(=O)O. The van der Waals surface area contributed by atoms with Crippen molar-refractivity contribution < 1.29 is 27.9 Å². The summed E-state index contributed by atoms with van der Waals surface area (Å²) in [5.74, 6) is -2.25. The van der Waals surface area contributed by atoms with Gasteiger partial charge in [0, 0.05) is 5.92 Å². The first kappa shape index (κ1) is 17.7. The van der Waals surface area contributed by atoms with E-state index in [0.29, 0.717) is 5.69 Å². The molecule has 128 valence electrons. The molecule has 1 fully saturated rings. The van der Waals surface area contributed by atoms with E-state index in [4.69, 9.17) is 5.11 Å². The summed E-state index contributed by atoms with van der Waals surface area (Å²) in [6.45, 7) is 1.60. The number of aryl methyl sites for hydroxylation is 1. The van der Waals surface area contributed by atoms with Crippen LogP contribution in [-0.4, -0.2) is 34.2 Å². The molecule has 0 bridgehead atoms. The summed E-state index contributed by atoms with van der Waals surface area (Å²) in [4.78, 5) is 27.5. The van der Waals surface area contributed by atoms with E-state index >= 15 is 0 Å². The predicted octanol–water partition coefficient (Wildman–Crippen LogP) is 3.24. The highest BCUT2D eigenvalue weighted by atomic mass is 32.1. The van der Waals surface area contributed by atoms with Crippen molar-refractivity contribution in [3.63, 3.8) is 0 Å². The summed E-state index contributed by atoms with van der Waals surface area (Å²) in [6.07, 6.45) is -2.12. The van der Waals surface area contributed by atoms with Crippen LogP contribution in [0, 0.1) is 6.92 Å². The monoisotopic (exact) mass is 350 g/mol. The fraction of sp³-hybridized carbons (Fsp3) is 0.643. The van der Waals surface area contributed by atoms with Crippen LogP contribution in [0.25, 0.3) is 0 Å². The van der Waals surface area contributed by atoms with Gasteiger partial charge in [0.05, 0.1) is 17.1 Å². The predicted molar refractivity (Wildman–Crippen MR) is 77.6 cm³/mol. The van der Waals surface area contributed by atoms with Gasteiger partial charge in [-0.1, -0.05) is 12.8 Å². The van der Waals surface area contributed by atoms with E-state index in [-0.39, 0.29) is 10.8 Å². The fourth-order valence-electron chi connectivity index (χ4n) is 2.63. The summed E-state index contributed by atoms with van der Waals surface area (Å²) in [5.41, 5.74) is 0.422. The van der Waals surface area contributed by atoms with Crippen molar-refractivity contribution in [2.24, 2.45) is 0 Å². The van der Waals surface area contributed by atoms with E-state index in [1.807, 2.05) is 5.32 Å². The number of carboxylic acid groups (broad SMARTS) is 1. The Kier molecular flexibility index (Phi) is 5.28. The quantitative estimate of drug-likeness (QED) is 0.854. The zero-order chi connectivity index (χ0) is 17.2. The van der Waals surface area contributed by atoms with Crippen LogP contribution in [0.3, 0.4) is 0 Å². The van der Waals surface area contributed by atoms with Gasteiger partial charge in [-0.05, 0) is 19.8 Å². The molecule has 1 aliphatic rings. The number of aromatic nitrogens is 1. The Morgan fingerprint density at radius 1 is 1.39 bits per heavy atom. The van der Waals surface area contributed by atoms with Gasteiger partial charge >= 0.3 is 12.1 Å². The zero-order valence-corrected chi connectivity index (χ0v) is 13.3. The third-order valence-electron chi connectivity index (χ3n) is 3.76. The molecular formula is C14H17F3N2O3S. The highest BCUT2D eigenvalue weighted by Crippen LogP contribution is 2.37. The van der Waals surface area contributed by atoms with Gasteiger partial charge in [-0.3, -0.25) is 4.79 Å². The second kappa shape index (κ2) is 6.86. The fourth-order valence-corrected chi connectivity index (χ4v) is 3.77. The number of nitrogens with one attached hydrogen (secondary N) is 1. The lowest BCUT2D eigenvalue weighted by molar-refractivity contribution is -0.157. The third kappa shape index (κ3) is 4.66. The Bertz CT molecular complexity index is 595. The highest BCUT2D eigenvalue weighted by Gasteiger charge is 2.37. The first-order chi connectivity index (χ1) is 10.7. The Morgan fingerprint density at radius 3 is 2.52 bits per heavy atom. The second-order valence-corrected chi connectivity index (χ2v) is 6.66. The maximum absolute atomic E-state index is 12.4. The van der Waals surface area contributed by atoms with Crippen LogP contribution in [-0.2, 0) is 4.79 Å².